The van der Waals surface area contributed by atoms with Gasteiger partial charge in [0.2, 0.25) is 0 Å². The predicted molar refractivity (Wildman–Crippen MR) is 79.9 cm³/mol. The Morgan fingerprint density at radius 2 is 1.71 bits per heavy atom. The number of allylic oxidation sites excluding steroid dienone is 3. The van der Waals surface area contributed by atoms with Crippen LogP contribution in [0, 0.1) is 44.8 Å². The van der Waals surface area contributed by atoms with Gasteiger partial charge in [0.15, 0.2) is 5.41 Å². The van der Waals surface area contributed by atoms with Gasteiger partial charge in [-0.3, -0.25) is 9.59 Å². The van der Waals surface area contributed by atoms with Gasteiger partial charge in [0.05, 0.1) is 50.5 Å². The Kier molecular flexibility index (Phi) is 5.35. The van der Waals surface area contributed by atoms with Crippen LogP contribution in [0.4, 0.5) is 0 Å². The van der Waals surface area contributed by atoms with E-state index < -0.39 is 22.8 Å². The Morgan fingerprint density at radius 1 is 1.17 bits per heavy atom. The number of nitrogens with zero attached hydrogens (tertiary/aromatic N) is 3. The number of hydrogen-bond acceptors (Lipinski definition) is 8. The van der Waals surface area contributed by atoms with Gasteiger partial charge >= 0.3 is 11.9 Å². The second-order valence-corrected chi connectivity index (χ2v) is 5.47. The molecule has 1 aliphatic rings. The number of hydrogen-bond donors (Lipinski definition) is 1. The normalized spacial score (nSPS) is 21.6. The summed E-state index contributed by atoms with van der Waals surface area (Å²) in [5.41, 5.74) is 2.42. The number of nitriles is 3. The molecule has 0 aromatic rings. The van der Waals surface area contributed by atoms with E-state index in [-0.39, 0.29) is 29.7 Å². The van der Waals surface area contributed by atoms with E-state index in [1.54, 1.807) is 0 Å². The number of methoxy groups -OCH3 is 2. The van der Waals surface area contributed by atoms with Crippen molar-refractivity contribution >= 4 is 11.9 Å². The lowest BCUT2D eigenvalue weighted by molar-refractivity contribution is -0.143. The second-order valence-electron chi connectivity index (χ2n) is 5.47. The zero-order chi connectivity index (χ0) is 18.5. The van der Waals surface area contributed by atoms with Crippen LogP contribution in [-0.4, -0.2) is 26.2 Å². The molecule has 0 aliphatic heterocycles. The van der Waals surface area contributed by atoms with Crippen LogP contribution in [0.3, 0.4) is 0 Å². The summed E-state index contributed by atoms with van der Waals surface area (Å²) in [4.78, 5) is 23.3. The average molecular weight is 328 g/mol. The number of carbonyl (C=O) groups excluding carboxylic acids is 2. The van der Waals surface area contributed by atoms with Gasteiger partial charge in [-0.05, 0) is 5.57 Å². The molecule has 0 spiro atoms. The van der Waals surface area contributed by atoms with Crippen molar-refractivity contribution in [1.29, 1.82) is 15.8 Å². The molecule has 0 amide bonds. The zero-order valence-corrected chi connectivity index (χ0v) is 13.5. The highest BCUT2D eigenvalue weighted by atomic mass is 16.5. The maximum absolute atomic E-state index is 11.8. The van der Waals surface area contributed by atoms with Crippen LogP contribution in [0.5, 0.6) is 0 Å². The minimum atomic E-state index is -1.94. The van der Waals surface area contributed by atoms with Crippen molar-refractivity contribution in [2.24, 2.45) is 16.6 Å². The summed E-state index contributed by atoms with van der Waals surface area (Å²) in [6, 6.07) is 5.47. The first kappa shape index (κ1) is 18.7. The summed E-state index contributed by atoms with van der Waals surface area (Å²) in [6.45, 7) is 1.48. The molecule has 0 radical (unpaired) electrons. The number of ether oxygens (including phenoxy) is 2. The van der Waals surface area contributed by atoms with Crippen molar-refractivity contribution in [1.82, 2.24) is 0 Å². The molecular weight excluding hydrogens is 312 g/mol. The molecule has 8 nitrogen and oxygen atoms in total. The third-order valence-electron chi connectivity index (χ3n) is 4.09. The van der Waals surface area contributed by atoms with Gasteiger partial charge < -0.3 is 15.2 Å². The third kappa shape index (κ3) is 2.80. The van der Waals surface area contributed by atoms with Crippen molar-refractivity contribution in [2.45, 2.75) is 19.8 Å². The molecule has 0 fully saturated rings. The van der Waals surface area contributed by atoms with Gasteiger partial charge in [-0.15, -0.1) is 0 Å². The molecule has 2 N–H and O–H groups in total. The Balaban J connectivity index is 3.66. The fraction of sp³-hybridized carbons (Fsp3) is 0.438. The predicted octanol–water partition coefficient (Wildman–Crippen LogP) is 0.829. The summed E-state index contributed by atoms with van der Waals surface area (Å²) >= 11 is 0. The lowest BCUT2D eigenvalue weighted by Gasteiger charge is -2.40. The first-order valence-electron chi connectivity index (χ1n) is 6.83. The van der Waals surface area contributed by atoms with Crippen molar-refractivity contribution in [2.75, 3.05) is 14.2 Å². The van der Waals surface area contributed by atoms with Crippen LogP contribution >= 0.6 is 0 Å². The number of carbonyl (C=O) groups is 2. The highest BCUT2D eigenvalue weighted by Crippen LogP contribution is 2.52. The standard InChI is InChI=1S/C16H16N4O4/c1-15(6-13(22)24-3)5-10(4-12(21)23-2)11(7-17)14(20)16(15,8-18)9-19/h5H,4,6,20H2,1-3H3/t15-/m1/s1. The lowest BCUT2D eigenvalue weighted by atomic mass is 9.58. The van der Waals surface area contributed by atoms with E-state index in [0.717, 1.165) is 0 Å². The van der Waals surface area contributed by atoms with Crippen LogP contribution in [0.25, 0.3) is 0 Å². The zero-order valence-electron chi connectivity index (χ0n) is 13.5. The van der Waals surface area contributed by atoms with Crippen LogP contribution in [0.2, 0.25) is 0 Å². The Hall–Kier alpha value is -3.31. The fourth-order valence-electron chi connectivity index (χ4n) is 2.69. The maximum Gasteiger partial charge on any atom is 0.310 e. The van der Waals surface area contributed by atoms with Gasteiger partial charge in [0, 0.05) is 5.41 Å². The monoisotopic (exact) mass is 328 g/mol. The van der Waals surface area contributed by atoms with E-state index in [2.05, 4.69) is 9.47 Å². The molecule has 24 heavy (non-hydrogen) atoms. The molecule has 0 unspecified atom stereocenters. The first-order valence-corrected chi connectivity index (χ1v) is 6.83. The summed E-state index contributed by atoms with van der Waals surface area (Å²) in [5, 5.41) is 28.5. The Morgan fingerprint density at radius 3 is 2.12 bits per heavy atom. The quantitative estimate of drug-likeness (QED) is 0.745. The Bertz CT molecular complexity index is 746. The van der Waals surface area contributed by atoms with E-state index in [4.69, 9.17) is 5.73 Å². The van der Waals surface area contributed by atoms with Crippen molar-refractivity contribution in [3.8, 4) is 18.2 Å². The van der Waals surface area contributed by atoms with Crippen LogP contribution in [-0.2, 0) is 19.1 Å². The van der Waals surface area contributed by atoms with E-state index in [0.29, 0.717) is 0 Å². The molecule has 0 aromatic carbocycles. The molecule has 0 saturated carbocycles. The second kappa shape index (κ2) is 6.85. The number of esters is 2. The van der Waals surface area contributed by atoms with Gasteiger partial charge in [0.25, 0.3) is 0 Å². The molecule has 0 bridgehead atoms. The van der Waals surface area contributed by atoms with Crippen LogP contribution in [0.15, 0.2) is 22.9 Å². The summed E-state index contributed by atoms with van der Waals surface area (Å²) in [7, 11) is 2.36. The minimum absolute atomic E-state index is 0.133. The molecule has 0 saturated heterocycles. The largest absolute Gasteiger partial charge is 0.469 e. The highest BCUT2D eigenvalue weighted by Gasteiger charge is 2.55. The van der Waals surface area contributed by atoms with Crippen molar-refractivity contribution in [3.63, 3.8) is 0 Å². The minimum Gasteiger partial charge on any atom is -0.469 e. The van der Waals surface area contributed by atoms with Crippen LogP contribution in [0.1, 0.15) is 19.8 Å². The Labute approximate surface area is 139 Å². The molecule has 1 rings (SSSR count). The van der Waals surface area contributed by atoms with E-state index in [1.165, 1.54) is 27.2 Å². The topological polar surface area (TPSA) is 150 Å². The average Bonchev–Trinajstić information content (AvgIpc) is 2.55. The fourth-order valence-corrected chi connectivity index (χ4v) is 2.69. The third-order valence-corrected chi connectivity index (χ3v) is 4.09. The van der Waals surface area contributed by atoms with Crippen molar-refractivity contribution < 1.29 is 19.1 Å². The molecule has 124 valence electrons. The summed E-state index contributed by atoms with van der Waals surface area (Å²) in [5.74, 6) is -1.28. The number of rotatable bonds is 4. The molecule has 0 heterocycles. The molecule has 0 aromatic heterocycles. The molecule has 1 aliphatic carbocycles. The van der Waals surface area contributed by atoms with Gasteiger partial charge in [-0.25, -0.2) is 0 Å². The summed E-state index contributed by atoms with van der Waals surface area (Å²) < 4.78 is 9.21. The van der Waals surface area contributed by atoms with Gasteiger partial charge in [0.1, 0.15) is 6.07 Å². The van der Waals surface area contributed by atoms with E-state index in [9.17, 15) is 25.4 Å². The summed E-state index contributed by atoms with van der Waals surface area (Å²) in [6.07, 6.45) is 0.792. The lowest BCUT2D eigenvalue weighted by Crippen LogP contribution is -2.45. The first-order chi connectivity index (χ1) is 11.2. The van der Waals surface area contributed by atoms with Gasteiger partial charge in [-0.1, -0.05) is 13.0 Å². The molecular formula is C16H16N4O4. The van der Waals surface area contributed by atoms with Gasteiger partial charge in [-0.2, -0.15) is 15.8 Å². The molecule has 8 heteroatoms. The van der Waals surface area contributed by atoms with Crippen molar-refractivity contribution in [3.05, 3.63) is 22.9 Å². The maximum atomic E-state index is 11.8. The highest BCUT2D eigenvalue weighted by molar-refractivity contribution is 5.77. The molecule has 1 atom stereocenters. The SMILES string of the molecule is COC(=O)CC1=C[C@](C)(CC(=O)OC)C(C#N)(C#N)C(N)=C1C#N. The van der Waals surface area contributed by atoms with Crippen LogP contribution < -0.4 is 5.73 Å². The smallest absolute Gasteiger partial charge is 0.310 e. The van der Waals surface area contributed by atoms with E-state index >= 15 is 0 Å². The van der Waals surface area contributed by atoms with E-state index in [1.807, 2.05) is 18.2 Å². The number of nitrogens with two attached hydrogens (primary N) is 1.